The molecule has 0 radical (unpaired) electrons. The number of benzene rings is 1. The van der Waals surface area contributed by atoms with Gasteiger partial charge in [0.2, 0.25) is 0 Å². The molecule has 0 saturated carbocycles. The van der Waals surface area contributed by atoms with E-state index in [9.17, 15) is 10.1 Å². The van der Waals surface area contributed by atoms with Gasteiger partial charge in [-0.3, -0.25) is 10.1 Å². The summed E-state index contributed by atoms with van der Waals surface area (Å²) in [7, 11) is 0. The van der Waals surface area contributed by atoms with Crippen LogP contribution in [0.15, 0.2) is 47.8 Å². The van der Waals surface area contributed by atoms with Crippen molar-refractivity contribution in [2.45, 2.75) is 0 Å². The Morgan fingerprint density at radius 2 is 2.00 bits per heavy atom. The van der Waals surface area contributed by atoms with Gasteiger partial charge in [0.15, 0.2) is 0 Å². The maximum absolute atomic E-state index is 10.6. The van der Waals surface area contributed by atoms with Crippen LogP contribution in [-0.4, -0.2) is 20.9 Å². The Bertz CT molecular complexity index is 692. The number of hydrogen-bond donors (Lipinski definition) is 1. The van der Waals surface area contributed by atoms with Crippen LogP contribution in [0, 0.1) is 14.8 Å². The molecule has 0 bridgehead atoms. The predicted octanol–water partition coefficient (Wildman–Crippen LogP) is 2.92. The van der Waals surface area contributed by atoms with E-state index < -0.39 is 4.92 Å². The molecule has 0 saturated heterocycles. The van der Waals surface area contributed by atoms with Gasteiger partial charge >= 0.3 is 0 Å². The van der Waals surface area contributed by atoms with Crippen molar-refractivity contribution in [1.29, 1.82) is 0 Å². The number of nitro benzene ring substituents is 1. The van der Waals surface area contributed by atoms with Crippen molar-refractivity contribution in [1.82, 2.24) is 4.57 Å². The zero-order valence-corrected chi connectivity index (χ0v) is 10.4. The minimum Gasteiger partial charge on any atom is -0.411 e. The van der Waals surface area contributed by atoms with Gasteiger partial charge < -0.3 is 9.77 Å². The first-order chi connectivity index (χ1) is 9.13. The van der Waals surface area contributed by atoms with Gasteiger partial charge in [-0.1, -0.05) is 17.4 Å². The second-order valence-corrected chi connectivity index (χ2v) is 4.04. The molecule has 0 aliphatic heterocycles. The first-order valence-electron chi connectivity index (χ1n) is 5.27. The zero-order chi connectivity index (χ0) is 13.8. The van der Waals surface area contributed by atoms with E-state index in [2.05, 4.69) is 5.16 Å². The van der Waals surface area contributed by atoms with Crippen LogP contribution in [0.1, 0.15) is 5.56 Å². The van der Waals surface area contributed by atoms with E-state index in [1.165, 1.54) is 18.3 Å². The summed E-state index contributed by atoms with van der Waals surface area (Å²) in [4.78, 5) is 10.1. The van der Waals surface area contributed by atoms with Crippen molar-refractivity contribution in [3.63, 3.8) is 0 Å². The summed E-state index contributed by atoms with van der Waals surface area (Å²) in [6.07, 6.45) is 2.97. The SMILES string of the molecule is O=[N+]([O-])c1ccc(-n2cccc(/C=N/O)c2=S)cc1. The zero-order valence-electron chi connectivity index (χ0n) is 9.63. The molecule has 1 aromatic heterocycles. The lowest BCUT2D eigenvalue weighted by atomic mass is 10.2. The first-order valence-corrected chi connectivity index (χ1v) is 5.68. The molecule has 0 aliphatic carbocycles. The number of rotatable bonds is 3. The molecule has 2 aromatic rings. The second kappa shape index (κ2) is 5.40. The van der Waals surface area contributed by atoms with Crippen molar-refractivity contribution in [2.75, 3.05) is 0 Å². The van der Waals surface area contributed by atoms with Gasteiger partial charge in [0.1, 0.15) is 4.64 Å². The molecule has 0 spiro atoms. The highest BCUT2D eigenvalue weighted by Crippen LogP contribution is 2.16. The van der Waals surface area contributed by atoms with Crippen LogP contribution in [0.4, 0.5) is 5.69 Å². The Hall–Kier alpha value is -2.54. The summed E-state index contributed by atoms with van der Waals surface area (Å²) in [6.45, 7) is 0. The summed E-state index contributed by atoms with van der Waals surface area (Å²) >= 11 is 5.25. The molecular formula is C12H9N3O3S. The van der Waals surface area contributed by atoms with Gasteiger partial charge in [-0.15, -0.1) is 0 Å². The average molecular weight is 275 g/mol. The van der Waals surface area contributed by atoms with Crippen LogP contribution in [0.2, 0.25) is 0 Å². The minimum atomic E-state index is -0.460. The largest absolute Gasteiger partial charge is 0.411 e. The average Bonchev–Trinajstić information content (AvgIpc) is 2.41. The predicted molar refractivity (Wildman–Crippen MR) is 72.6 cm³/mol. The molecule has 1 aromatic carbocycles. The Morgan fingerprint density at radius 1 is 1.32 bits per heavy atom. The highest BCUT2D eigenvalue weighted by Gasteiger charge is 2.05. The normalized spacial score (nSPS) is 10.7. The molecule has 0 aliphatic rings. The van der Waals surface area contributed by atoms with E-state index in [-0.39, 0.29) is 5.69 Å². The van der Waals surface area contributed by atoms with E-state index in [4.69, 9.17) is 17.4 Å². The van der Waals surface area contributed by atoms with Crippen LogP contribution in [0.3, 0.4) is 0 Å². The van der Waals surface area contributed by atoms with Crippen molar-refractivity contribution in [3.8, 4) is 5.69 Å². The van der Waals surface area contributed by atoms with Crippen LogP contribution in [0.25, 0.3) is 5.69 Å². The van der Waals surface area contributed by atoms with Crippen molar-refractivity contribution in [3.05, 3.63) is 62.9 Å². The van der Waals surface area contributed by atoms with Crippen LogP contribution < -0.4 is 0 Å². The van der Waals surface area contributed by atoms with Crippen molar-refractivity contribution >= 4 is 24.1 Å². The van der Waals surface area contributed by atoms with Crippen LogP contribution in [0.5, 0.6) is 0 Å². The molecule has 19 heavy (non-hydrogen) atoms. The summed E-state index contributed by atoms with van der Waals surface area (Å²) in [5.74, 6) is 0. The number of oxime groups is 1. The fraction of sp³-hybridized carbons (Fsp3) is 0. The van der Waals surface area contributed by atoms with Gasteiger partial charge in [0, 0.05) is 29.6 Å². The van der Waals surface area contributed by atoms with Crippen molar-refractivity contribution < 1.29 is 10.1 Å². The van der Waals surface area contributed by atoms with E-state index in [0.29, 0.717) is 15.9 Å². The lowest BCUT2D eigenvalue weighted by Gasteiger charge is -2.07. The quantitative estimate of drug-likeness (QED) is 0.307. The fourth-order valence-corrected chi connectivity index (χ4v) is 1.90. The smallest absolute Gasteiger partial charge is 0.269 e. The molecule has 0 atom stereocenters. The number of nitro groups is 1. The lowest BCUT2D eigenvalue weighted by Crippen LogP contribution is -2.00. The van der Waals surface area contributed by atoms with Crippen LogP contribution >= 0.6 is 12.2 Å². The standard InChI is InChI=1S/C12H9N3O3S/c16-13-8-9-2-1-7-14(12(9)19)10-3-5-11(6-4-10)15(17)18/h1-8,16H/b13-8+. The molecule has 1 N–H and O–H groups in total. The Morgan fingerprint density at radius 3 is 2.58 bits per heavy atom. The van der Waals surface area contributed by atoms with E-state index >= 15 is 0 Å². The van der Waals surface area contributed by atoms with Crippen molar-refractivity contribution in [2.24, 2.45) is 5.16 Å². The van der Waals surface area contributed by atoms with Gasteiger partial charge in [-0.2, -0.15) is 0 Å². The second-order valence-electron chi connectivity index (χ2n) is 3.66. The number of nitrogens with zero attached hydrogens (tertiary/aromatic N) is 3. The first kappa shape index (κ1) is 12.9. The van der Waals surface area contributed by atoms with E-state index in [0.717, 1.165) is 0 Å². The third-order valence-corrected chi connectivity index (χ3v) is 2.94. The molecule has 2 rings (SSSR count). The minimum absolute atomic E-state index is 0.0170. The van der Waals surface area contributed by atoms with E-state index in [1.807, 2.05) is 0 Å². The van der Waals surface area contributed by atoms with E-state index in [1.54, 1.807) is 35.0 Å². The molecule has 0 fully saturated rings. The third-order valence-electron chi connectivity index (χ3n) is 2.51. The lowest BCUT2D eigenvalue weighted by molar-refractivity contribution is -0.384. The highest BCUT2D eigenvalue weighted by molar-refractivity contribution is 7.71. The number of non-ortho nitro benzene ring substituents is 1. The Labute approximate surface area is 113 Å². The summed E-state index contributed by atoms with van der Waals surface area (Å²) in [5, 5.41) is 22.1. The van der Waals surface area contributed by atoms with Gasteiger partial charge in [0.25, 0.3) is 5.69 Å². The van der Waals surface area contributed by atoms with Crippen LogP contribution in [-0.2, 0) is 0 Å². The molecule has 0 amide bonds. The Kier molecular flexibility index (Phi) is 3.67. The molecule has 0 unspecified atom stereocenters. The maximum Gasteiger partial charge on any atom is 0.269 e. The molecule has 96 valence electrons. The third kappa shape index (κ3) is 2.66. The van der Waals surface area contributed by atoms with Gasteiger partial charge in [0.05, 0.1) is 11.1 Å². The monoisotopic (exact) mass is 275 g/mol. The topological polar surface area (TPSA) is 80.7 Å². The summed E-state index contributed by atoms with van der Waals surface area (Å²) < 4.78 is 2.13. The molecule has 1 heterocycles. The van der Waals surface area contributed by atoms with Gasteiger partial charge in [-0.05, 0) is 24.3 Å². The maximum atomic E-state index is 10.6. The summed E-state index contributed by atoms with van der Waals surface area (Å²) in [5.41, 5.74) is 1.30. The number of hydrogen-bond acceptors (Lipinski definition) is 5. The number of aromatic nitrogens is 1. The molecular weight excluding hydrogens is 266 g/mol. The fourth-order valence-electron chi connectivity index (χ4n) is 1.61. The summed E-state index contributed by atoms with van der Waals surface area (Å²) in [6, 6.07) is 9.48. The van der Waals surface area contributed by atoms with Gasteiger partial charge in [-0.25, -0.2) is 0 Å². The highest BCUT2D eigenvalue weighted by atomic mass is 32.1. The Balaban J connectivity index is 2.50. The number of pyridine rings is 1. The molecule has 6 nitrogen and oxygen atoms in total. The molecule has 7 heteroatoms.